The Labute approximate surface area is 194 Å². The van der Waals surface area contributed by atoms with Crippen molar-refractivity contribution in [2.75, 3.05) is 4.72 Å². The van der Waals surface area contributed by atoms with Crippen LogP contribution < -0.4 is 4.72 Å². The van der Waals surface area contributed by atoms with Crippen LogP contribution in [0.1, 0.15) is 32.0 Å². The Kier molecular flexibility index (Phi) is 5.58. The molecule has 0 atom stereocenters. The van der Waals surface area contributed by atoms with E-state index in [1.807, 2.05) is 39.0 Å². The molecule has 0 aliphatic carbocycles. The molecule has 0 radical (unpaired) electrons. The Bertz CT molecular complexity index is 1440. The standard InChI is InChI=1S/C23H22BrFN4O2S/c1-14-12-21(28-32(30,31)15-7-8-17(19(25)13-15)23(2,3)4)29(27-14)20-10-9-18(24)22-16(20)6-5-11-26-22/h5-13,28H,1-4H3. The van der Waals surface area contributed by atoms with Gasteiger partial charge < -0.3 is 0 Å². The van der Waals surface area contributed by atoms with Crippen molar-refractivity contribution in [3.05, 3.63) is 76.3 Å². The molecule has 2 heterocycles. The minimum atomic E-state index is -4.05. The topological polar surface area (TPSA) is 76.9 Å². The molecule has 0 fully saturated rings. The zero-order valence-corrected chi connectivity index (χ0v) is 20.4. The van der Waals surface area contributed by atoms with Crippen LogP contribution in [0.3, 0.4) is 0 Å². The third kappa shape index (κ3) is 4.14. The van der Waals surface area contributed by atoms with Gasteiger partial charge in [0.2, 0.25) is 0 Å². The maximum absolute atomic E-state index is 14.7. The average molecular weight is 517 g/mol. The van der Waals surface area contributed by atoms with Crippen molar-refractivity contribution < 1.29 is 12.8 Å². The highest BCUT2D eigenvalue weighted by molar-refractivity contribution is 9.10. The van der Waals surface area contributed by atoms with Gasteiger partial charge in [0, 0.05) is 22.1 Å². The summed E-state index contributed by atoms with van der Waals surface area (Å²) in [6, 6.07) is 13.0. The van der Waals surface area contributed by atoms with Crippen molar-refractivity contribution in [1.82, 2.24) is 14.8 Å². The summed E-state index contributed by atoms with van der Waals surface area (Å²) < 4.78 is 45.7. The van der Waals surface area contributed by atoms with Gasteiger partial charge in [0.05, 0.1) is 21.8 Å². The number of sulfonamides is 1. The summed E-state index contributed by atoms with van der Waals surface area (Å²) in [6.07, 6.45) is 1.69. The van der Waals surface area contributed by atoms with Crippen molar-refractivity contribution in [2.24, 2.45) is 0 Å². The molecule has 32 heavy (non-hydrogen) atoms. The van der Waals surface area contributed by atoms with E-state index in [0.717, 1.165) is 21.4 Å². The Morgan fingerprint density at radius 1 is 1.09 bits per heavy atom. The highest BCUT2D eigenvalue weighted by Gasteiger charge is 2.24. The molecule has 0 amide bonds. The van der Waals surface area contributed by atoms with Crippen molar-refractivity contribution >= 4 is 42.7 Å². The normalized spacial score (nSPS) is 12.3. The van der Waals surface area contributed by atoms with Crippen LogP contribution in [0.2, 0.25) is 0 Å². The largest absolute Gasteiger partial charge is 0.263 e. The molecule has 166 valence electrons. The number of anilines is 1. The lowest BCUT2D eigenvalue weighted by Crippen LogP contribution is -2.18. The number of rotatable bonds is 4. The highest BCUT2D eigenvalue weighted by atomic mass is 79.9. The van der Waals surface area contributed by atoms with E-state index in [1.54, 1.807) is 25.3 Å². The third-order valence-electron chi connectivity index (χ3n) is 5.05. The monoisotopic (exact) mass is 516 g/mol. The van der Waals surface area contributed by atoms with E-state index in [0.29, 0.717) is 16.9 Å². The van der Waals surface area contributed by atoms with Crippen LogP contribution in [-0.2, 0) is 15.4 Å². The summed E-state index contributed by atoms with van der Waals surface area (Å²) in [7, 11) is -4.05. The number of nitrogens with one attached hydrogen (secondary N) is 1. The van der Waals surface area contributed by atoms with Crippen molar-refractivity contribution in [3.63, 3.8) is 0 Å². The quantitative estimate of drug-likeness (QED) is 0.375. The van der Waals surface area contributed by atoms with Crippen molar-refractivity contribution in [1.29, 1.82) is 0 Å². The first-order valence-electron chi connectivity index (χ1n) is 9.90. The van der Waals surface area contributed by atoms with Crippen molar-refractivity contribution in [3.8, 4) is 5.69 Å². The van der Waals surface area contributed by atoms with Crippen molar-refractivity contribution in [2.45, 2.75) is 38.0 Å². The molecule has 4 aromatic rings. The molecule has 6 nitrogen and oxygen atoms in total. The maximum atomic E-state index is 14.7. The van der Waals surface area contributed by atoms with Gasteiger partial charge in [0.1, 0.15) is 11.6 Å². The number of pyridine rings is 1. The summed E-state index contributed by atoms with van der Waals surface area (Å²) in [5, 5.41) is 5.27. The zero-order valence-electron chi connectivity index (χ0n) is 18.0. The van der Waals surface area contributed by atoms with E-state index in [9.17, 15) is 12.8 Å². The molecule has 0 aliphatic rings. The molecule has 2 aromatic carbocycles. The minimum absolute atomic E-state index is 0.157. The van der Waals surface area contributed by atoms with Crippen LogP contribution in [-0.4, -0.2) is 23.2 Å². The van der Waals surface area contributed by atoms with Gasteiger partial charge in [-0.3, -0.25) is 9.71 Å². The van der Waals surface area contributed by atoms with E-state index in [1.165, 1.54) is 16.8 Å². The second kappa shape index (κ2) is 7.97. The van der Waals surface area contributed by atoms with Crippen LogP contribution in [0.4, 0.5) is 10.2 Å². The number of halogens is 2. The number of fused-ring (bicyclic) bond motifs is 1. The van der Waals surface area contributed by atoms with Crippen LogP contribution in [0.15, 0.2) is 64.1 Å². The van der Waals surface area contributed by atoms with E-state index >= 15 is 0 Å². The first kappa shape index (κ1) is 22.4. The van der Waals surface area contributed by atoms with Crippen LogP contribution >= 0.6 is 15.9 Å². The number of aryl methyl sites for hydroxylation is 1. The van der Waals surface area contributed by atoms with Gasteiger partial charge in [-0.25, -0.2) is 17.5 Å². The number of nitrogens with zero attached hydrogens (tertiary/aromatic N) is 3. The summed E-state index contributed by atoms with van der Waals surface area (Å²) in [5.74, 6) is -0.315. The lowest BCUT2D eigenvalue weighted by atomic mass is 9.87. The van der Waals surface area contributed by atoms with E-state index in [-0.39, 0.29) is 10.7 Å². The average Bonchev–Trinajstić information content (AvgIpc) is 3.06. The molecule has 1 N–H and O–H groups in total. The first-order chi connectivity index (χ1) is 15.0. The SMILES string of the molecule is Cc1cc(NS(=O)(=O)c2ccc(C(C)(C)C)c(F)c2)n(-c2ccc(Br)c3ncccc23)n1. The summed E-state index contributed by atoms with van der Waals surface area (Å²) in [6.45, 7) is 7.38. The van der Waals surface area contributed by atoms with E-state index in [2.05, 4.69) is 30.7 Å². The summed E-state index contributed by atoms with van der Waals surface area (Å²) in [5.41, 5.74) is 2.03. The van der Waals surface area contributed by atoms with E-state index < -0.39 is 21.3 Å². The smallest absolute Gasteiger partial charge is 0.263 e. The van der Waals surface area contributed by atoms with Gasteiger partial charge in [-0.2, -0.15) is 5.10 Å². The molecule has 0 saturated carbocycles. The Balaban J connectivity index is 1.78. The summed E-state index contributed by atoms with van der Waals surface area (Å²) in [4.78, 5) is 4.24. The van der Waals surface area contributed by atoms with Crippen LogP contribution in [0.5, 0.6) is 0 Å². The fourth-order valence-electron chi connectivity index (χ4n) is 3.53. The van der Waals surface area contributed by atoms with Gasteiger partial charge in [-0.05, 0) is 70.2 Å². The number of benzene rings is 2. The van der Waals surface area contributed by atoms with Gasteiger partial charge in [-0.1, -0.05) is 26.8 Å². The van der Waals surface area contributed by atoms with Gasteiger partial charge in [0.25, 0.3) is 10.0 Å². The zero-order chi connectivity index (χ0) is 23.3. The number of aromatic nitrogens is 3. The molecular formula is C23H22BrFN4O2S. The van der Waals surface area contributed by atoms with Crippen LogP contribution in [0.25, 0.3) is 16.6 Å². The Morgan fingerprint density at radius 2 is 1.84 bits per heavy atom. The van der Waals surface area contributed by atoms with Crippen LogP contribution in [0, 0.1) is 12.7 Å². The molecule has 4 rings (SSSR count). The Hall–Kier alpha value is -2.78. The first-order valence-corrected chi connectivity index (χ1v) is 12.2. The predicted molar refractivity (Wildman–Crippen MR) is 127 cm³/mol. The predicted octanol–water partition coefficient (Wildman–Crippen LogP) is 5.73. The Morgan fingerprint density at radius 3 is 2.53 bits per heavy atom. The lowest BCUT2D eigenvalue weighted by Gasteiger charge is -2.20. The molecular weight excluding hydrogens is 495 g/mol. The molecule has 0 unspecified atom stereocenters. The fraction of sp³-hybridized carbons (Fsp3) is 0.217. The summed E-state index contributed by atoms with van der Waals surface area (Å²) >= 11 is 3.49. The molecule has 0 bridgehead atoms. The second-order valence-electron chi connectivity index (χ2n) is 8.55. The lowest BCUT2D eigenvalue weighted by molar-refractivity contribution is 0.519. The third-order valence-corrected chi connectivity index (χ3v) is 7.05. The molecule has 0 spiro atoms. The highest BCUT2D eigenvalue weighted by Crippen LogP contribution is 2.31. The van der Waals surface area contributed by atoms with Gasteiger partial charge in [-0.15, -0.1) is 0 Å². The van der Waals surface area contributed by atoms with E-state index in [4.69, 9.17) is 0 Å². The number of hydrogen-bond acceptors (Lipinski definition) is 4. The second-order valence-corrected chi connectivity index (χ2v) is 11.1. The molecule has 9 heteroatoms. The number of hydrogen-bond donors (Lipinski definition) is 1. The van der Waals surface area contributed by atoms with Gasteiger partial charge in [0.15, 0.2) is 0 Å². The molecule has 2 aromatic heterocycles. The van der Waals surface area contributed by atoms with Gasteiger partial charge >= 0.3 is 0 Å². The fourth-order valence-corrected chi connectivity index (χ4v) is 5.02. The molecule has 0 aliphatic heterocycles. The molecule has 0 saturated heterocycles. The maximum Gasteiger partial charge on any atom is 0.263 e. The minimum Gasteiger partial charge on any atom is -0.263 e.